The molecule has 0 aromatic carbocycles. The van der Waals surface area contributed by atoms with Crippen LogP contribution >= 0.6 is 0 Å². The van der Waals surface area contributed by atoms with Gasteiger partial charge in [-0.15, -0.1) is 0 Å². The van der Waals surface area contributed by atoms with Gasteiger partial charge >= 0.3 is 0 Å². The SMILES string of the molecule is COCC1(C(=O)N(CC(C)C)CC(C)C)CCNCC1. The summed E-state index contributed by atoms with van der Waals surface area (Å²) in [5.74, 6) is 1.29. The molecule has 4 nitrogen and oxygen atoms in total. The molecular formula is C16H32N2O2. The molecule has 118 valence electrons. The van der Waals surface area contributed by atoms with Crippen molar-refractivity contribution in [3.8, 4) is 0 Å². The van der Waals surface area contributed by atoms with Gasteiger partial charge in [-0.05, 0) is 37.8 Å². The number of hydrogen-bond donors (Lipinski definition) is 1. The van der Waals surface area contributed by atoms with E-state index in [1.54, 1.807) is 7.11 Å². The summed E-state index contributed by atoms with van der Waals surface area (Å²) in [7, 11) is 1.70. The van der Waals surface area contributed by atoms with Crippen molar-refractivity contribution in [2.75, 3.05) is 39.9 Å². The Bertz CT molecular complexity index is 281. The maximum atomic E-state index is 13.1. The Balaban J connectivity index is 2.87. The molecule has 20 heavy (non-hydrogen) atoms. The van der Waals surface area contributed by atoms with Crippen molar-refractivity contribution in [1.29, 1.82) is 0 Å². The minimum absolute atomic E-state index is 0.295. The second-order valence-corrected chi connectivity index (χ2v) is 6.96. The molecule has 1 rings (SSSR count). The summed E-state index contributed by atoms with van der Waals surface area (Å²) in [5.41, 5.74) is -0.316. The molecule has 1 saturated heterocycles. The predicted octanol–water partition coefficient (Wildman–Crippen LogP) is 2.14. The highest BCUT2D eigenvalue weighted by atomic mass is 16.5. The van der Waals surface area contributed by atoms with Crippen molar-refractivity contribution in [3.05, 3.63) is 0 Å². The number of methoxy groups -OCH3 is 1. The minimum atomic E-state index is -0.316. The minimum Gasteiger partial charge on any atom is -0.384 e. The zero-order valence-corrected chi connectivity index (χ0v) is 13.9. The lowest BCUT2D eigenvalue weighted by molar-refractivity contribution is -0.148. The van der Waals surface area contributed by atoms with Gasteiger partial charge in [-0.2, -0.15) is 0 Å². The first-order chi connectivity index (χ1) is 9.41. The fourth-order valence-electron chi connectivity index (χ4n) is 3.06. The summed E-state index contributed by atoms with van der Waals surface area (Å²) in [4.78, 5) is 15.2. The molecule has 0 unspecified atom stereocenters. The molecule has 0 saturated carbocycles. The van der Waals surface area contributed by atoms with Crippen LogP contribution in [0.1, 0.15) is 40.5 Å². The number of carbonyl (C=O) groups excluding carboxylic acids is 1. The van der Waals surface area contributed by atoms with E-state index in [2.05, 4.69) is 37.9 Å². The van der Waals surface area contributed by atoms with Gasteiger partial charge in [0, 0.05) is 20.2 Å². The van der Waals surface area contributed by atoms with Gasteiger partial charge in [0.25, 0.3) is 0 Å². The van der Waals surface area contributed by atoms with Crippen LogP contribution in [0.2, 0.25) is 0 Å². The topological polar surface area (TPSA) is 41.6 Å². The third-order valence-corrected chi connectivity index (χ3v) is 3.89. The molecule has 1 heterocycles. The molecule has 0 spiro atoms. The monoisotopic (exact) mass is 284 g/mol. The third-order valence-electron chi connectivity index (χ3n) is 3.89. The molecule has 0 atom stereocenters. The first-order valence-electron chi connectivity index (χ1n) is 7.90. The molecule has 1 amide bonds. The molecule has 0 bridgehead atoms. The summed E-state index contributed by atoms with van der Waals surface area (Å²) in [5, 5.41) is 3.35. The van der Waals surface area contributed by atoms with Gasteiger partial charge < -0.3 is 15.0 Å². The normalized spacial score (nSPS) is 18.6. The van der Waals surface area contributed by atoms with E-state index in [-0.39, 0.29) is 5.41 Å². The van der Waals surface area contributed by atoms with Gasteiger partial charge in [0.05, 0.1) is 12.0 Å². The Labute approximate surface area is 124 Å². The van der Waals surface area contributed by atoms with Crippen molar-refractivity contribution in [1.82, 2.24) is 10.2 Å². The standard InChI is InChI=1S/C16H32N2O2/c1-13(2)10-18(11-14(3)4)15(19)16(12-20-5)6-8-17-9-7-16/h13-14,17H,6-12H2,1-5H3. The van der Waals surface area contributed by atoms with Crippen molar-refractivity contribution < 1.29 is 9.53 Å². The number of amides is 1. The number of hydrogen-bond acceptors (Lipinski definition) is 3. The van der Waals surface area contributed by atoms with E-state index in [1.165, 1.54) is 0 Å². The van der Waals surface area contributed by atoms with E-state index in [4.69, 9.17) is 4.74 Å². The fraction of sp³-hybridized carbons (Fsp3) is 0.938. The van der Waals surface area contributed by atoms with E-state index in [9.17, 15) is 4.79 Å². The molecule has 1 N–H and O–H groups in total. The van der Waals surface area contributed by atoms with Gasteiger partial charge in [0.2, 0.25) is 5.91 Å². The Hall–Kier alpha value is -0.610. The fourth-order valence-corrected chi connectivity index (χ4v) is 3.06. The lowest BCUT2D eigenvalue weighted by Gasteiger charge is -2.40. The van der Waals surface area contributed by atoms with Crippen molar-refractivity contribution >= 4 is 5.91 Å². The molecule has 1 aliphatic rings. The van der Waals surface area contributed by atoms with Crippen LogP contribution in [0.15, 0.2) is 0 Å². The van der Waals surface area contributed by atoms with Gasteiger partial charge in [-0.25, -0.2) is 0 Å². The van der Waals surface area contributed by atoms with E-state index >= 15 is 0 Å². The molecule has 0 aliphatic carbocycles. The Kier molecular flexibility index (Phi) is 6.96. The first-order valence-corrected chi connectivity index (χ1v) is 7.90. The molecule has 0 radical (unpaired) electrons. The first kappa shape index (κ1) is 17.4. The molecule has 0 aromatic rings. The second kappa shape index (κ2) is 7.99. The summed E-state index contributed by atoms with van der Waals surface area (Å²) < 4.78 is 5.39. The van der Waals surface area contributed by atoms with E-state index in [0.717, 1.165) is 39.0 Å². The van der Waals surface area contributed by atoms with Gasteiger partial charge in [-0.1, -0.05) is 27.7 Å². The lowest BCUT2D eigenvalue weighted by Crippen LogP contribution is -2.53. The maximum Gasteiger partial charge on any atom is 0.231 e. The van der Waals surface area contributed by atoms with Crippen molar-refractivity contribution in [3.63, 3.8) is 0 Å². The van der Waals surface area contributed by atoms with E-state index < -0.39 is 0 Å². The highest BCUT2D eigenvalue weighted by Gasteiger charge is 2.42. The predicted molar refractivity (Wildman–Crippen MR) is 82.7 cm³/mol. The Morgan fingerprint density at radius 2 is 1.65 bits per heavy atom. The van der Waals surface area contributed by atoms with Gasteiger partial charge in [-0.3, -0.25) is 4.79 Å². The summed E-state index contributed by atoms with van der Waals surface area (Å²) in [6, 6.07) is 0. The van der Waals surface area contributed by atoms with E-state index in [0.29, 0.717) is 24.3 Å². The molecular weight excluding hydrogens is 252 g/mol. The Morgan fingerprint density at radius 3 is 2.05 bits per heavy atom. The van der Waals surface area contributed by atoms with Crippen LogP contribution < -0.4 is 5.32 Å². The van der Waals surface area contributed by atoms with Crippen molar-refractivity contribution in [2.45, 2.75) is 40.5 Å². The quantitative estimate of drug-likeness (QED) is 0.779. The highest BCUT2D eigenvalue weighted by Crippen LogP contribution is 2.32. The number of nitrogens with one attached hydrogen (secondary N) is 1. The number of nitrogens with zero attached hydrogens (tertiary/aromatic N) is 1. The third kappa shape index (κ3) is 4.74. The van der Waals surface area contributed by atoms with Crippen LogP contribution in [0.5, 0.6) is 0 Å². The van der Waals surface area contributed by atoms with Gasteiger partial charge in [0.1, 0.15) is 0 Å². The van der Waals surface area contributed by atoms with Crippen LogP contribution in [0, 0.1) is 17.3 Å². The number of carbonyl (C=O) groups is 1. The maximum absolute atomic E-state index is 13.1. The van der Waals surface area contributed by atoms with Crippen LogP contribution in [0.3, 0.4) is 0 Å². The van der Waals surface area contributed by atoms with Crippen LogP contribution in [0.25, 0.3) is 0 Å². The molecule has 4 heteroatoms. The zero-order chi connectivity index (χ0) is 15.2. The summed E-state index contributed by atoms with van der Waals surface area (Å²) >= 11 is 0. The van der Waals surface area contributed by atoms with Crippen molar-refractivity contribution in [2.24, 2.45) is 17.3 Å². The van der Waals surface area contributed by atoms with Crippen LogP contribution in [-0.4, -0.2) is 50.7 Å². The summed E-state index contributed by atoms with van der Waals surface area (Å²) in [6.07, 6.45) is 1.76. The lowest BCUT2D eigenvalue weighted by atomic mass is 9.78. The molecule has 0 aromatic heterocycles. The van der Waals surface area contributed by atoms with E-state index in [1.807, 2.05) is 0 Å². The molecule has 1 aliphatic heterocycles. The van der Waals surface area contributed by atoms with Gasteiger partial charge in [0.15, 0.2) is 0 Å². The summed E-state index contributed by atoms with van der Waals surface area (Å²) in [6.45, 7) is 12.7. The average molecular weight is 284 g/mol. The molecule has 1 fully saturated rings. The number of piperidine rings is 1. The van der Waals surface area contributed by atoms with Crippen LogP contribution in [0.4, 0.5) is 0 Å². The number of rotatable bonds is 7. The Morgan fingerprint density at radius 1 is 1.15 bits per heavy atom. The second-order valence-electron chi connectivity index (χ2n) is 6.96. The largest absolute Gasteiger partial charge is 0.384 e. The number of ether oxygens (including phenoxy) is 1. The highest BCUT2D eigenvalue weighted by molar-refractivity contribution is 5.83. The zero-order valence-electron chi connectivity index (χ0n) is 13.9. The smallest absolute Gasteiger partial charge is 0.231 e. The average Bonchev–Trinajstić information content (AvgIpc) is 2.37. The van der Waals surface area contributed by atoms with Crippen LogP contribution in [-0.2, 0) is 9.53 Å².